The van der Waals surface area contributed by atoms with E-state index in [1.807, 2.05) is 4.90 Å². The van der Waals surface area contributed by atoms with E-state index in [1.54, 1.807) is 17.0 Å². The number of carbonyl (C=O) groups excluding carboxylic acids is 1. The zero-order valence-electron chi connectivity index (χ0n) is 17.4. The van der Waals surface area contributed by atoms with Crippen molar-refractivity contribution in [2.24, 2.45) is 5.92 Å². The highest BCUT2D eigenvalue weighted by Crippen LogP contribution is 2.51. The van der Waals surface area contributed by atoms with Crippen LogP contribution in [-0.2, 0) is 4.74 Å². The number of nitrogens with zero attached hydrogens (tertiary/aromatic N) is 3. The van der Waals surface area contributed by atoms with E-state index in [-0.39, 0.29) is 12.0 Å². The van der Waals surface area contributed by atoms with Crippen molar-refractivity contribution in [3.63, 3.8) is 0 Å². The quantitative estimate of drug-likeness (QED) is 0.761. The van der Waals surface area contributed by atoms with Gasteiger partial charge in [0, 0.05) is 25.0 Å². The number of halogens is 1. The number of hydrogen-bond acceptors (Lipinski definition) is 5. The second kappa shape index (κ2) is 7.55. The molecule has 31 heavy (non-hydrogen) atoms. The molecule has 168 valence electrons. The molecule has 1 aromatic carbocycles. The smallest absolute Gasteiger partial charge is 0.414 e. The Hall–Kier alpha value is -2.55. The first-order valence-corrected chi connectivity index (χ1v) is 11.1. The van der Waals surface area contributed by atoms with Crippen molar-refractivity contribution in [2.45, 2.75) is 56.2 Å². The fourth-order valence-corrected chi connectivity index (χ4v) is 6.36. The molecule has 2 amide bonds. The summed E-state index contributed by atoms with van der Waals surface area (Å²) in [7, 11) is 0. The molecule has 0 saturated carbocycles. The van der Waals surface area contributed by atoms with Gasteiger partial charge in [0.15, 0.2) is 0 Å². The molecule has 4 unspecified atom stereocenters. The lowest BCUT2D eigenvalue weighted by molar-refractivity contribution is -0.0390. The summed E-state index contributed by atoms with van der Waals surface area (Å²) in [5.74, 6) is -0.372. The van der Waals surface area contributed by atoms with Gasteiger partial charge in [0.25, 0.3) is 0 Å². The molecule has 0 radical (unpaired) electrons. The van der Waals surface area contributed by atoms with Crippen molar-refractivity contribution < 1.29 is 28.9 Å². The summed E-state index contributed by atoms with van der Waals surface area (Å²) < 4.78 is 20.0. The minimum Gasteiger partial charge on any atom is -0.465 e. The molecule has 4 atom stereocenters. The third kappa shape index (κ3) is 3.30. The summed E-state index contributed by atoms with van der Waals surface area (Å²) in [6.45, 7) is 1.93. The first kappa shape index (κ1) is 20.4. The van der Waals surface area contributed by atoms with Gasteiger partial charge in [0.2, 0.25) is 0 Å². The molecule has 4 fully saturated rings. The number of hydrogen-bond donors (Lipinski definition) is 2. The summed E-state index contributed by atoms with van der Waals surface area (Å²) in [5.41, 5.74) is 0.356. The van der Waals surface area contributed by atoms with Crippen LogP contribution < -0.4 is 9.80 Å². The molecule has 4 saturated heterocycles. The zero-order chi connectivity index (χ0) is 21.8. The predicted octanol–water partition coefficient (Wildman–Crippen LogP) is 3.03. The average molecular weight is 433 g/mol. The van der Waals surface area contributed by atoms with E-state index >= 15 is 4.39 Å². The zero-order valence-corrected chi connectivity index (χ0v) is 17.4. The fourth-order valence-electron chi connectivity index (χ4n) is 6.36. The number of aliphatic hydroxyl groups excluding tert-OH is 1. The maximum absolute atomic E-state index is 15.1. The number of benzene rings is 1. The summed E-state index contributed by atoms with van der Waals surface area (Å²) >= 11 is 0. The van der Waals surface area contributed by atoms with Crippen molar-refractivity contribution in [3.8, 4) is 0 Å². The fraction of sp³-hybridized carbons (Fsp3) is 0.636. The van der Waals surface area contributed by atoms with Crippen LogP contribution in [-0.4, -0.2) is 71.2 Å². The largest absolute Gasteiger partial charge is 0.465 e. The van der Waals surface area contributed by atoms with E-state index in [9.17, 15) is 19.8 Å². The number of piperidine rings is 2. The number of anilines is 2. The van der Waals surface area contributed by atoms with E-state index < -0.39 is 29.6 Å². The molecule has 5 rings (SSSR count). The predicted molar refractivity (Wildman–Crippen MR) is 111 cm³/mol. The summed E-state index contributed by atoms with van der Waals surface area (Å²) in [5, 5.41) is 20.3. The van der Waals surface area contributed by atoms with Gasteiger partial charge < -0.3 is 19.8 Å². The van der Waals surface area contributed by atoms with Crippen molar-refractivity contribution in [3.05, 3.63) is 24.0 Å². The number of amides is 2. The van der Waals surface area contributed by atoms with Crippen LogP contribution in [0.2, 0.25) is 0 Å². The molecular weight excluding hydrogens is 405 g/mol. The van der Waals surface area contributed by atoms with E-state index in [2.05, 4.69) is 0 Å². The van der Waals surface area contributed by atoms with Crippen LogP contribution in [0.1, 0.15) is 38.5 Å². The van der Waals surface area contributed by atoms with Gasteiger partial charge in [-0.1, -0.05) is 0 Å². The summed E-state index contributed by atoms with van der Waals surface area (Å²) in [6.07, 6.45) is 2.29. The van der Waals surface area contributed by atoms with Crippen molar-refractivity contribution in [1.82, 2.24) is 4.90 Å². The number of carboxylic acid groups (broad SMARTS) is 1. The van der Waals surface area contributed by atoms with Gasteiger partial charge in [0.05, 0.1) is 29.6 Å². The molecule has 4 heterocycles. The monoisotopic (exact) mass is 433 g/mol. The van der Waals surface area contributed by atoms with Gasteiger partial charge in [-0.3, -0.25) is 9.80 Å². The van der Waals surface area contributed by atoms with Gasteiger partial charge in [-0.15, -0.1) is 0 Å². The standard InChI is InChI=1S/C22H28FN3O5/c23-18-11-15(25-8-9-31-21(25)30)3-4-19(18)24-7-1-2-14(13-24)22-6-5-16(10-17(27)12-22)26(22)20(28)29/h3-4,11,14,16-17,27H,1-2,5-10,12-13H2,(H,28,29). The number of ether oxygens (including phenoxy) is 1. The first-order valence-electron chi connectivity index (χ1n) is 11.1. The van der Waals surface area contributed by atoms with Gasteiger partial charge >= 0.3 is 12.2 Å². The second-order valence-corrected chi connectivity index (χ2v) is 9.23. The number of fused-ring (bicyclic) bond motifs is 2. The van der Waals surface area contributed by atoms with E-state index in [4.69, 9.17) is 4.74 Å². The molecule has 8 nitrogen and oxygen atoms in total. The molecule has 0 aliphatic carbocycles. The Morgan fingerprint density at radius 3 is 2.81 bits per heavy atom. The Bertz CT molecular complexity index is 898. The summed E-state index contributed by atoms with van der Waals surface area (Å²) in [4.78, 5) is 28.9. The van der Waals surface area contributed by atoms with Crippen molar-refractivity contribution in [1.29, 1.82) is 0 Å². The molecule has 9 heteroatoms. The Balaban J connectivity index is 1.39. The minimum atomic E-state index is -0.917. The molecule has 4 aliphatic heterocycles. The lowest BCUT2D eigenvalue weighted by Gasteiger charge is -2.52. The summed E-state index contributed by atoms with van der Waals surface area (Å²) in [6, 6.07) is 4.65. The van der Waals surface area contributed by atoms with Crippen LogP contribution in [0.3, 0.4) is 0 Å². The second-order valence-electron chi connectivity index (χ2n) is 9.23. The van der Waals surface area contributed by atoms with Gasteiger partial charge in [-0.25, -0.2) is 14.0 Å². The SMILES string of the molecule is O=C1OCCN1c1ccc(N2CCCC(C34CCC(CC(O)C3)N4C(=O)O)C2)c(F)c1. The van der Waals surface area contributed by atoms with E-state index in [1.165, 1.54) is 11.0 Å². The Morgan fingerprint density at radius 2 is 2.10 bits per heavy atom. The van der Waals surface area contributed by atoms with Gasteiger partial charge in [0.1, 0.15) is 12.4 Å². The molecule has 2 N–H and O–H groups in total. The topological polar surface area (TPSA) is 93.6 Å². The third-order valence-electron chi connectivity index (χ3n) is 7.62. The van der Waals surface area contributed by atoms with Crippen LogP contribution in [0, 0.1) is 11.7 Å². The third-order valence-corrected chi connectivity index (χ3v) is 7.62. The molecule has 0 spiro atoms. The molecule has 1 aromatic rings. The highest BCUT2D eigenvalue weighted by molar-refractivity contribution is 5.89. The number of carbonyl (C=O) groups is 2. The Morgan fingerprint density at radius 1 is 1.26 bits per heavy atom. The normalized spacial score (nSPS) is 33.0. The highest BCUT2D eigenvalue weighted by Gasteiger charge is 2.57. The maximum Gasteiger partial charge on any atom is 0.414 e. The Kier molecular flexibility index (Phi) is 4.96. The molecule has 0 aromatic heterocycles. The minimum absolute atomic E-state index is 0.0323. The van der Waals surface area contributed by atoms with E-state index in [0.29, 0.717) is 50.5 Å². The number of aliphatic hydroxyl groups is 1. The van der Waals surface area contributed by atoms with Gasteiger partial charge in [-0.05, 0) is 56.7 Å². The number of rotatable bonds is 3. The van der Waals surface area contributed by atoms with Crippen LogP contribution in [0.25, 0.3) is 0 Å². The average Bonchev–Trinajstić information content (AvgIpc) is 3.27. The number of cyclic esters (lactones) is 1. The Labute approximate surface area is 180 Å². The van der Waals surface area contributed by atoms with Crippen LogP contribution >= 0.6 is 0 Å². The molecule has 2 bridgehead atoms. The van der Waals surface area contributed by atoms with Gasteiger partial charge in [-0.2, -0.15) is 0 Å². The van der Waals surface area contributed by atoms with Crippen LogP contribution in [0.4, 0.5) is 25.4 Å². The lowest BCUT2D eigenvalue weighted by atomic mass is 9.72. The molecular formula is C22H28FN3O5. The van der Waals surface area contributed by atoms with Crippen LogP contribution in [0.5, 0.6) is 0 Å². The lowest BCUT2D eigenvalue weighted by Crippen LogP contribution is -2.62. The van der Waals surface area contributed by atoms with Crippen molar-refractivity contribution in [2.75, 3.05) is 36.0 Å². The molecule has 4 aliphatic rings. The van der Waals surface area contributed by atoms with E-state index in [0.717, 1.165) is 25.7 Å². The highest BCUT2D eigenvalue weighted by atomic mass is 19.1. The maximum atomic E-state index is 15.1. The van der Waals surface area contributed by atoms with Crippen molar-refractivity contribution >= 4 is 23.6 Å². The first-order chi connectivity index (χ1) is 14.9. The van der Waals surface area contributed by atoms with Crippen LogP contribution in [0.15, 0.2) is 18.2 Å².